The molecule has 0 spiro atoms. The predicted molar refractivity (Wildman–Crippen MR) is 96.1 cm³/mol. The van der Waals surface area contributed by atoms with E-state index in [4.69, 9.17) is 9.47 Å². The van der Waals surface area contributed by atoms with Crippen molar-refractivity contribution in [2.24, 2.45) is 5.41 Å². The highest BCUT2D eigenvalue weighted by molar-refractivity contribution is 5.93. The first-order chi connectivity index (χ1) is 12.6. The van der Waals surface area contributed by atoms with Crippen molar-refractivity contribution < 1.29 is 14.3 Å². The normalized spacial score (nSPS) is 16.1. The number of rotatable bonds is 7. The van der Waals surface area contributed by atoms with E-state index in [0.29, 0.717) is 30.2 Å². The largest absolute Gasteiger partial charge is 0.497 e. The molecule has 1 fully saturated rings. The minimum Gasteiger partial charge on any atom is -0.497 e. The van der Waals surface area contributed by atoms with Gasteiger partial charge in [-0.25, -0.2) is 4.68 Å². The molecule has 0 aliphatic heterocycles. The third-order valence-electron chi connectivity index (χ3n) is 5.02. The van der Waals surface area contributed by atoms with Crippen molar-refractivity contribution in [3.63, 3.8) is 0 Å². The topological polar surface area (TPSA) is 91.2 Å². The zero-order valence-electron chi connectivity index (χ0n) is 15.3. The van der Waals surface area contributed by atoms with Gasteiger partial charge in [0.2, 0.25) is 5.91 Å². The first kappa shape index (κ1) is 18.2. The maximum absolute atomic E-state index is 12.8. The number of ether oxygens (including phenoxy) is 2. The molecular formula is C18H25N5O3. The van der Waals surface area contributed by atoms with Gasteiger partial charge in [-0.1, -0.05) is 19.3 Å². The maximum Gasteiger partial charge on any atom is 0.225 e. The van der Waals surface area contributed by atoms with Crippen LogP contribution in [0, 0.1) is 5.41 Å². The lowest BCUT2D eigenvalue weighted by molar-refractivity contribution is -0.119. The van der Waals surface area contributed by atoms with Gasteiger partial charge in [0.25, 0.3) is 0 Å². The van der Waals surface area contributed by atoms with Gasteiger partial charge >= 0.3 is 0 Å². The van der Waals surface area contributed by atoms with Crippen molar-refractivity contribution in [2.45, 2.75) is 45.1 Å². The molecule has 1 N–H and O–H groups in total. The summed E-state index contributed by atoms with van der Waals surface area (Å²) in [5.74, 6) is 1.24. The standard InChI is InChI=1S/C18H25N5O3/c1-25-14-6-7-16(26-2)15(10-14)20-17(24)11-18(8-4-3-5-9-18)12-23-13-19-21-22-23/h6-7,10,13H,3-5,8-9,11-12H2,1-2H3,(H,20,24). The molecule has 1 amide bonds. The van der Waals surface area contributed by atoms with Gasteiger partial charge < -0.3 is 14.8 Å². The Morgan fingerprint density at radius 2 is 2.04 bits per heavy atom. The number of nitrogens with one attached hydrogen (secondary N) is 1. The number of hydrogen-bond acceptors (Lipinski definition) is 6. The number of carbonyl (C=O) groups is 1. The van der Waals surface area contributed by atoms with Gasteiger partial charge in [-0.15, -0.1) is 5.10 Å². The van der Waals surface area contributed by atoms with Crippen LogP contribution in [0.3, 0.4) is 0 Å². The third kappa shape index (κ3) is 4.30. The van der Waals surface area contributed by atoms with Gasteiger partial charge in [-0.2, -0.15) is 0 Å². The van der Waals surface area contributed by atoms with Gasteiger partial charge in [0.1, 0.15) is 17.8 Å². The van der Waals surface area contributed by atoms with Crippen molar-refractivity contribution in [1.82, 2.24) is 20.2 Å². The number of hydrogen-bond donors (Lipinski definition) is 1. The van der Waals surface area contributed by atoms with Gasteiger partial charge in [0.15, 0.2) is 0 Å². The average Bonchev–Trinajstić information content (AvgIpc) is 3.14. The molecule has 1 heterocycles. The lowest BCUT2D eigenvalue weighted by atomic mass is 9.71. The Balaban J connectivity index is 1.74. The van der Waals surface area contributed by atoms with E-state index in [1.54, 1.807) is 43.4 Å². The Hall–Kier alpha value is -2.64. The lowest BCUT2D eigenvalue weighted by Crippen LogP contribution is -2.34. The highest BCUT2D eigenvalue weighted by Gasteiger charge is 2.35. The summed E-state index contributed by atoms with van der Waals surface area (Å²) >= 11 is 0. The van der Waals surface area contributed by atoms with Gasteiger partial charge in [-0.05, 0) is 40.8 Å². The number of methoxy groups -OCH3 is 2. The third-order valence-corrected chi connectivity index (χ3v) is 5.02. The zero-order chi connectivity index (χ0) is 18.4. The molecular weight excluding hydrogens is 334 g/mol. The van der Waals surface area contributed by atoms with E-state index in [9.17, 15) is 4.79 Å². The van der Waals surface area contributed by atoms with Crippen molar-refractivity contribution in [2.75, 3.05) is 19.5 Å². The SMILES string of the molecule is COc1ccc(OC)c(NC(=O)CC2(Cn3cnnn3)CCCCC2)c1. The Morgan fingerprint density at radius 1 is 1.23 bits per heavy atom. The Morgan fingerprint density at radius 3 is 2.69 bits per heavy atom. The fourth-order valence-corrected chi connectivity index (χ4v) is 3.74. The van der Waals surface area contributed by atoms with Crippen LogP contribution in [-0.2, 0) is 11.3 Å². The summed E-state index contributed by atoms with van der Waals surface area (Å²) in [5.41, 5.74) is 0.495. The van der Waals surface area contributed by atoms with Crippen LogP contribution in [0.25, 0.3) is 0 Å². The molecule has 0 unspecified atom stereocenters. The number of tetrazole rings is 1. The highest BCUT2D eigenvalue weighted by Crippen LogP contribution is 2.41. The number of anilines is 1. The molecule has 1 aliphatic rings. The fourth-order valence-electron chi connectivity index (χ4n) is 3.74. The minimum atomic E-state index is -0.121. The maximum atomic E-state index is 12.8. The summed E-state index contributed by atoms with van der Waals surface area (Å²) in [6.07, 6.45) is 7.48. The molecule has 0 radical (unpaired) electrons. The highest BCUT2D eigenvalue weighted by atomic mass is 16.5. The molecule has 2 aromatic rings. The van der Waals surface area contributed by atoms with Crippen molar-refractivity contribution >= 4 is 11.6 Å². The molecule has 1 aliphatic carbocycles. The van der Waals surface area contributed by atoms with Crippen LogP contribution in [-0.4, -0.2) is 40.3 Å². The van der Waals surface area contributed by atoms with Crippen LogP contribution in [0.5, 0.6) is 11.5 Å². The molecule has 3 rings (SSSR count). The van der Waals surface area contributed by atoms with Crippen LogP contribution >= 0.6 is 0 Å². The van der Waals surface area contributed by atoms with Crippen LogP contribution in [0.1, 0.15) is 38.5 Å². The summed E-state index contributed by atoms with van der Waals surface area (Å²) in [6.45, 7) is 0.655. The van der Waals surface area contributed by atoms with E-state index in [2.05, 4.69) is 20.8 Å². The van der Waals surface area contributed by atoms with E-state index in [-0.39, 0.29) is 11.3 Å². The molecule has 0 bridgehead atoms. The Labute approximate surface area is 152 Å². The second-order valence-electron chi connectivity index (χ2n) is 6.86. The fraction of sp³-hybridized carbons (Fsp3) is 0.556. The lowest BCUT2D eigenvalue weighted by Gasteiger charge is -2.36. The van der Waals surface area contributed by atoms with E-state index in [1.165, 1.54) is 6.42 Å². The molecule has 0 saturated heterocycles. The molecule has 0 atom stereocenters. The number of nitrogens with zero attached hydrogens (tertiary/aromatic N) is 4. The molecule has 26 heavy (non-hydrogen) atoms. The first-order valence-electron chi connectivity index (χ1n) is 8.87. The number of carbonyl (C=O) groups excluding carboxylic acids is 1. The Kier molecular flexibility index (Phi) is 5.70. The zero-order valence-corrected chi connectivity index (χ0v) is 15.3. The van der Waals surface area contributed by atoms with Gasteiger partial charge in [-0.3, -0.25) is 4.79 Å². The van der Waals surface area contributed by atoms with E-state index < -0.39 is 0 Å². The quantitative estimate of drug-likeness (QED) is 0.817. The first-order valence-corrected chi connectivity index (χ1v) is 8.87. The smallest absolute Gasteiger partial charge is 0.225 e. The van der Waals surface area contributed by atoms with E-state index >= 15 is 0 Å². The van der Waals surface area contributed by atoms with Crippen molar-refractivity contribution in [3.05, 3.63) is 24.5 Å². The van der Waals surface area contributed by atoms with E-state index in [0.717, 1.165) is 25.7 Å². The molecule has 1 saturated carbocycles. The summed E-state index contributed by atoms with van der Waals surface area (Å²) in [5, 5.41) is 14.4. The summed E-state index contributed by atoms with van der Waals surface area (Å²) in [4.78, 5) is 12.8. The summed E-state index contributed by atoms with van der Waals surface area (Å²) < 4.78 is 12.3. The van der Waals surface area contributed by atoms with Crippen LogP contribution in [0.4, 0.5) is 5.69 Å². The number of aromatic nitrogens is 4. The van der Waals surface area contributed by atoms with Crippen molar-refractivity contribution in [3.8, 4) is 11.5 Å². The molecule has 1 aromatic heterocycles. The van der Waals surface area contributed by atoms with Crippen LogP contribution in [0.2, 0.25) is 0 Å². The molecule has 8 nitrogen and oxygen atoms in total. The molecule has 8 heteroatoms. The predicted octanol–water partition coefficient (Wildman–Crippen LogP) is 2.67. The number of benzene rings is 1. The number of amides is 1. The van der Waals surface area contributed by atoms with Gasteiger partial charge in [0.05, 0.1) is 26.5 Å². The molecule has 1 aromatic carbocycles. The van der Waals surface area contributed by atoms with E-state index in [1.807, 2.05) is 0 Å². The second kappa shape index (κ2) is 8.16. The monoisotopic (exact) mass is 359 g/mol. The summed E-state index contributed by atoms with van der Waals surface area (Å²) in [6, 6.07) is 5.35. The van der Waals surface area contributed by atoms with Gasteiger partial charge in [0, 0.05) is 12.5 Å². The summed E-state index contributed by atoms with van der Waals surface area (Å²) in [7, 11) is 3.17. The van der Waals surface area contributed by atoms with Crippen molar-refractivity contribution in [1.29, 1.82) is 0 Å². The van der Waals surface area contributed by atoms with Crippen LogP contribution < -0.4 is 14.8 Å². The Bertz CT molecular complexity index is 726. The second-order valence-corrected chi connectivity index (χ2v) is 6.86. The van der Waals surface area contributed by atoms with Crippen LogP contribution in [0.15, 0.2) is 24.5 Å². The average molecular weight is 359 g/mol. The minimum absolute atomic E-state index is 0.0356. The molecule has 140 valence electrons.